The lowest BCUT2D eigenvalue weighted by Gasteiger charge is -2.06. The van der Waals surface area contributed by atoms with Crippen LogP contribution in [0, 0.1) is 0 Å². The smallest absolute Gasteiger partial charge is 0.335 e. The zero-order valence-electron chi connectivity index (χ0n) is 13.1. The van der Waals surface area contributed by atoms with Gasteiger partial charge in [-0.2, -0.15) is 0 Å². The van der Waals surface area contributed by atoms with Crippen molar-refractivity contribution in [2.24, 2.45) is 0 Å². The van der Waals surface area contributed by atoms with E-state index >= 15 is 0 Å². The Labute approximate surface area is 146 Å². The Bertz CT molecular complexity index is 958. The van der Waals surface area contributed by atoms with Gasteiger partial charge in [-0.05, 0) is 24.3 Å². The van der Waals surface area contributed by atoms with Crippen LogP contribution in [-0.2, 0) is 9.59 Å². The second-order valence-electron chi connectivity index (χ2n) is 5.36. The first-order valence-corrected chi connectivity index (χ1v) is 7.35. The molecule has 3 rings (SSSR count). The second-order valence-corrected chi connectivity index (χ2v) is 5.36. The summed E-state index contributed by atoms with van der Waals surface area (Å²) in [5, 5.41) is 20.0. The highest BCUT2D eigenvalue weighted by molar-refractivity contribution is 6.15. The van der Waals surface area contributed by atoms with Crippen molar-refractivity contribution in [3.8, 4) is 11.3 Å². The van der Waals surface area contributed by atoms with Gasteiger partial charge in [-0.15, -0.1) is 0 Å². The zero-order valence-corrected chi connectivity index (χ0v) is 13.1. The maximum absolute atomic E-state index is 12.1. The van der Waals surface area contributed by atoms with Crippen LogP contribution in [0.1, 0.15) is 16.1 Å². The average Bonchev–Trinajstić information content (AvgIpc) is 3.15. The molecule has 0 spiro atoms. The Hall–Kier alpha value is -3.88. The number of hydrogen-bond acceptors (Lipinski definition) is 5. The predicted molar refractivity (Wildman–Crippen MR) is 87.0 cm³/mol. The summed E-state index contributed by atoms with van der Waals surface area (Å²) in [5.74, 6) is -2.55. The molecule has 0 aliphatic carbocycles. The third kappa shape index (κ3) is 3.31. The van der Waals surface area contributed by atoms with Crippen LogP contribution in [0.5, 0.6) is 0 Å². The van der Waals surface area contributed by atoms with E-state index in [-0.39, 0.29) is 17.0 Å². The number of nitrogens with zero attached hydrogens (tertiary/aromatic N) is 1. The van der Waals surface area contributed by atoms with Gasteiger partial charge in [0, 0.05) is 11.6 Å². The average molecular weight is 356 g/mol. The number of urea groups is 1. The molecule has 0 saturated carbocycles. The molecule has 1 aliphatic rings. The fourth-order valence-corrected chi connectivity index (χ4v) is 2.38. The highest BCUT2D eigenvalue weighted by Gasteiger charge is 2.35. The molecule has 2 heterocycles. The number of benzene rings is 1. The predicted octanol–water partition coefficient (Wildman–Crippen LogP) is 1.62. The van der Waals surface area contributed by atoms with Crippen molar-refractivity contribution in [3.63, 3.8) is 0 Å². The fourth-order valence-electron chi connectivity index (χ4n) is 2.38. The van der Waals surface area contributed by atoms with Crippen LogP contribution in [0.4, 0.5) is 4.79 Å². The van der Waals surface area contributed by atoms with E-state index in [1.54, 1.807) is 18.2 Å². The highest BCUT2D eigenvalue weighted by Crippen LogP contribution is 2.25. The van der Waals surface area contributed by atoms with Gasteiger partial charge in [0.2, 0.25) is 0 Å². The number of imide groups is 1. The summed E-state index contributed by atoms with van der Waals surface area (Å²) in [6.07, 6.45) is 1.27. The van der Waals surface area contributed by atoms with Gasteiger partial charge in [0.15, 0.2) is 0 Å². The van der Waals surface area contributed by atoms with Gasteiger partial charge in [-0.3, -0.25) is 9.59 Å². The van der Waals surface area contributed by atoms with Crippen LogP contribution in [0.3, 0.4) is 0 Å². The molecule has 3 N–H and O–H groups in total. The summed E-state index contributed by atoms with van der Waals surface area (Å²) in [5.41, 5.74) is 0.515. The van der Waals surface area contributed by atoms with E-state index in [1.807, 2.05) is 0 Å². The standard InChI is InChI=1S/C17H12N2O7/c20-14(21)8-19-15(22)12(18-17(19)25)7-11-4-5-13(26-11)9-2-1-3-10(6-9)16(23)24/h1-7H,8H2,(H,18,25)(H,20,21)(H,23,24)/b12-7-. The quantitative estimate of drug-likeness (QED) is 0.547. The lowest BCUT2D eigenvalue weighted by molar-refractivity contribution is -0.140. The second kappa shape index (κ2) is 6.55. The van der Waals surface area contributed by atoms with Gasteiger partial charge in [0.1, 0.15) is 23.8 Å². The van der Waals surface area contributed by atoms with Crippen molar-refractivity contribution in [3.05, 3.63) is 53.4 Å². The summed E-state index contributed by atoms with van der Waals surface area (Å²) in [6.45, 7) is -0.743. The van der Waals surface area contributed by atoms with Crippen LogP contribution in [0.2, 0.25) is 0 Å². The molecule has 1 aromatic carbocycles. The van der Waals surface area contributed by atoms with Crippen LogP contribution >= 0.6 is 0 Å². The third-order valence-electron chi connectivity index (χ3n) is 3.56. The van der Waals surface area contributed by atoms with Gasteiger partial charge in [0.25, 0.3) is 5.91 Å². The molecule has 1 saturated heterocycles. The van der Waals surface area contributed by atoms with Crippen molar-refractivity contribution < 1.29 is 33.8 Å². The number of nitrogens with one attached hydrogen (secondary N) is 1. The minimum absolute atomic E-state index is 0.0985. The van der Waals surface area contributed by atoms with Crippen molar-refractivity contribution in [2.75, 3.05) is 6.54 Å². The molecule has 132 valence electrons. The maximum Gasteiger partial charge on any atom is 0.335 e. The van der Waals surface area contributed by atoms with E-state index in [0.29, 0.717) is 16.2 Å². The minimum atomic E-state index is -1.31. The largest absolute Gasteiger partial charge is 0.480 e. The minimum Gasteiger partial charge on any atom is -0.480 e. The number of amides is 3. The lowest BCUT2D eigenvalue weighted by atomic mass is 10.1. The highest BCUT2D eigenvalue weighted by atomic mass is 16.4. The Balaban J connectivity index is 1.85. The summed E-state index contributed by atoms with van der Waals surface area (Å²) >= 11 is 0. The molecule has 9 heteroatoms. The first-order chi connectivity index (χ1) is 12.3. The summed E-state index contributed by atoms with van der Waals surface area (Å²) in [7, 11) is 0. The molecule has 2 aromatic rings. The molecule has 1 aromatic heterocycles. The van der Waals surface area contributed by atoms with Crippen LogP contribution in [-0.4, -0.2) is 45.5 Å². The van der Waals surface area contributed by atoms with E-state index in [9.17, 15) is 19.2 Å². The number of carbonyl (C=O) groups excluding carboxylic acids is 2. The van der Waals surface area contributed by atoms with Gasteiger partial charge >= 0.3 is 18.0 Å². The normalized spacial score (nSPS) is 15.4. The molecule has 0 atom stereocenters. The van der Waals surface area contributed by atoms with Crippen LogP contribution < -0.4 is 5.32 Å². The SMILES string of the molecule is O=C(O)CN1C(=O)N/C(=C\c2ccc(-c3cccc(C(=O)O)c3)o2)C1=O. The Kier molecular flexibility index (Phi) is 4.27. The van der Waals surface area contributed by atoms with E-state index < -0.39 is 30.4 Å². The summed E-state index contributed by atoms with van der Waals surface area (Å²) < 4.78 is 5.56. The molecule has 0 radical (unpaired) electrons. The van der Waals surface area contributed by atoms with Gasteiger partial charge in [-0.1, -0.05) is 12.1 Å². The molecule has 3 amide bonds. The van der Waals surface area contributed by atoms with E-state index in [0.717, 1.165) is 0 Å². The molecular weight excluding hydrogens is 344 g/mol. The number of carbonyl (C=O) groups is 4. The lowest BCUT2D eigenvalue weighted by Crippen LogP contribution is -2.35. The molecule has 1 aliphatic heterocycles. The molecular formula is C17H12N2O7. The van der Waals surface area contributed by atoms with Crippen molar-refractivity contribution in [1.29, 1.82) is 0 Å². The van der Waals surface area contributed by atoms with Crippen molar-refractivity contribution in [1.82, 2.24) is 10.2 Å². The number of carboxylic acids is 2. The van der Waals surface area contributed by atoms with Gasteiger partial charge in [-0.25, -0.2) is 14.5 Å². The van der Waals surface area contributed by atoms with E-state index in [2.05, 4.69) is 5.32 Å². The number of furan rings is 1. The number of hydrogen-bond donors (Lipinski definition) is 3. The molecule has 0 bridgehead atoms. The zero-order chi connectivity index (χ0) is 18.8. The topological polar surface area (TPSA) is 137 Å². The first-order valence-electron chi connectivity index (χ1n) is 7.35. The first kappa shape index (κ1) is 17.0. The molecule has 26 heavy (non-hydrogen) atoms. The number of rotatable bonds is 5. The Morgan fingerprint density at radius 2 is 1.92 bits per heavy atom. The fraction of sp³-hybridized carbons (Fsp3) is 0.0588. The third-order valence-corrected chi connectivity index (χ3v) is 3.56. The van der Waals surface area contributed by atoms with Crippen molar-refractivity contribution in [2.45, 2.75) is 0 Å². The molecule has 9 nitrogen and oxygen atoms in total. The number of aliphatic carboxylic acids is 1. The van der Waals surface area contributed by atoms with Crippen molar-refractivity contribution >= 4 is 30.0 Å². The molecule has 1 fully saturated rings. The summed E-state index contributed by atoms with van der Waals surface area (Å²) in [6, 6.07) is 8.42. The Morgan fingerprint density at radius 1 is 1.15 bits per heavy atom. The van der Waals surface area contributed by atoms with E-state index in [4.69, 9.17) is 14.6 Å². The number of carboxylic acid groups (broad SMARTS) is 2. The Morgan fingerprint density at radius 3 is 2.62 bits per heavy atom. The van der Waals surface area contributed by atoms with Crippen LogP contribution in [0.25, 0.3) is 17.4 Å². The molecule has 0 unspecified atom stereocenters. The number of aromatic carboxylic acids is 1. The van der Waals surface area contributed by atoms with Gasteiger partial charge in [0.05, 0.1) is 5.56 Å². The van der Waals surface area contributed by atoms with Crippen LogP contribution in [0.15, 0.2) is 46.5 Å². The van der Waals surface area contributed by atoms with E-state index in [1.165, 1.54) is 24.3 Å². The summed E-state index contributed by atoms with van der Waals surface area (Å²) in [4.78, 5) is 46.0. The maximum atomic E-state index is 12.1. The van der Waals surface area contributed by atoms with Gasteiger partial charge < -0.3 is 19.9 Å². The monoisotopic (exact) mass is 356 g/mol.